The van der Waals surface area contributed by atoms with Gasteiger partial charge in [-0.1, -0.05) is 6.07 Å². The number of benzene rings is 2. The molecule has 1 aliphatic carbocycles. The Hall–Kier alpha value is -2.91. The molecule has 0 aliphatic heterocycles. The SMILES string of the molecule is CCOc1ccc(NC(=O)C(C)OC(=O)c2cc(S(=O)(=O)NC3CC3)ccc2C)cc1. The van der Waals surface area contributed by atoms with Crippen LogP contribution in [0.4, 0.5) is 5.69 Å². The normalized spacial score (nSPS) is 14.5. The number of sulfonamides is 1. The van der Waals surface area contributed by atoms with E-state index < -0.39 is 28.0 Å². The van der Waals surface area contributed by atoms with Gasteiger partial charge in [-0.25, -0.2) is 17.9 Å². The molecular weight excluding hydrogens is 420 g/mol. The van der Waals surface area contributed by atoms with Gasteiger partial charge in [0, 0.05) is 11.7 Å². The lowest BCUT2D eigenvalue weighted by Crippen LogP contribution is -2.30. The second-order valence-electron chi connectivity index (χ2n) is 7.37. The molecule has 166 valence electrons. The van der Waals surface area contributed by atoms with E-state index in [-0.39, 0.29) is 16.5 Å². The molecule has 1 fully saturated rings. The van der Waals surface area contributed by atoms with Crippen LogP contribution in [0.1, 0.15) is 42.6 Å². The first-order valence-electron chi connectivity index (χ1n) is 10.1. The number of hydrogen-bond donors (Lipinski definition) is 2. The molecule has 1 aliphatic rings. The van der Waals surface area contributed by atoms with E-state index in [0.29, 0.717) is 23.6 Å². The predicted molar refractivity (Wildman–Crippen MR) is 116 cm³/mol. The van der Waals surface area contributed by atoms with Crippen LogP contribution in [0.15, 0.2) is 47.4 Å². The van der Waals surface area contributed by atoms with Crippen molar-refractivity contribution in [1.29, 1.82) is 0 Å². The molecular formula is C22H26N2O6S. The molecule has 9 heteroatoms. The zero-order chi connectivity index (χ0) is 22.6. The predicted octanol–water partition coefficient (Wildman–Crippen LogP) is 3.02. The van der Waals surface area contributed by atoms with Crippen molar-refractivity contribution < 1.29 is 27.5 Å². The molecule has 1 atom stereocenters. The second kappa shape index (κ2) is 9.49. The minimum absolute atomic E-state index is 0.0107. The van der Waals surface area contributed by atoms with Crippen LogP contribution >= 0.6 is 0 Å². The number of carbonyl (C=O) groups excluding carboxylic acids is 2. The standard InChI is InChI=1S/C22H26N2O6S/c1-4-29-18-10-8-16(9-11-18)23-21(25)15(3)30-22(26)20-13-19(12-5-14(20)2)31(27,28)24-17-6-7-17/h5,8-13,15,17,24H,4,6-7H2,1-3H3,(H,23,25). The van der Waals surface area contributed by atoms with E-state index in [1.54, 1.807) is 37.3 Å². The van der Waals surface area contributed by atoms with E-state index in [0.717, 1.165) is 12.8 Å². The number of carbonyl (C=O) groups is 2. The number of anilines is 1. The molecule has 1 unspecified atom stereocenters. The van der Waals surface area contributed by atoms with Crippen molar-refractivity contribution in [2.45, 2.75) is 50.7 Å². The lowest BCUT2D eigenvalue weighted by molar-refractivity contribution is -0.123. The fraction of sp³-hybridized carbons (Fsp3) is 0.364. The van der Waals surface area contributed by atoms with Crippen LogP contribution in [0.3, 0.4) is 0 Å². The van der Waals surface area contributed by atoms with Crippen LogP contribution in [0.5, 0.6) is 5.75 Å². The molecule has 1 amide bonds. The van der Waals surface area contributed by atoms with Crippen LogP contribution in [0.2, 0.25) is 0 Å². The molecule has 3 rings (SSSR count). The third-order valence-electron chi connectivity index (χ3n) is 4.72. The van der Waals surface area contributed by atoms with Crippen LogP contribution in [0.25, 0.3) is 0 Å². The highest BCUT2D eigenvalue weighted by atomic mass is 32.2. The summed E-state index contributed by atoms with van der Waals surface area (Å²) >= 11 is 0. The summed E-state index contributed by atoms with van der Waals surface area (Å²) in [7, 11) is -3.71. The maximum Gasteiger partial charge on any atom is 0.339 e. The number of esters is 1. The first-order chi connectivity index (χ1) is 14.7. The molecule has 31 heavy (non-hydrogen) atoms. The summed E-state index contributed by atoms with van der Waals surface area (Å²) in [5.74, 6) is -0.592. The molecule has 0 aromatic heterocycles. The van der Waals surface area contributed by atoms with Crippen molar-refractivity contribution in [2.75, 3.05) is 11.9 Å². The second-order valence-corrected chi connectivity index (χ2v) is 9.08. The molecule has 1 saturated carbocycles. The van der Waals surface area contributed by atoms with Gasteiger partial charge in [0.1, 0.15) is 5.75 Å². The molecule has 0 bridgehead atoms. The van der Waals surface area contributed by atoms with Gasteiger partial charge in [0.2, 0.25) is 10.0 Å². The molecule has 0 radical (unpaired) electrons. The first kappa shape index (κ1) is 22.8. The van der Waals surface area contributed by atoms with Gasteiger partial charge < -0.3 is 14.8 Å². The van der Waals surface area contributed by atoms with Gasteiger partial charge in [-0.2, -0.15) is 0 Å². The van der Waals surface area contributed by atoms with E-state index in [1.165, 1.54) is 19.1 Å². The maximum atomic E-state index is 12.6. The van der Waals surface area contributed by atoms with Crippen LogP contribution in [0, 0.1) is 6.92 Å². The highest BCUT2D eigenvalue weighted by Gasteiger charge is 2.29. The summed E-state index contributed by atoms with van der Waals surface area (Å²) in [6, 6.07) is 11.0. The van der Waals surface area contributed by atoms with Crippen LogP contribution in [-0.4, -0.2) is 39.0 Å². The molecule has 2 aromatic carbocycles. The quantitative estimate of drug-likeness (QED) is 0.573. The minimum atomic E-state index is -3.71. The van der Waals surface area contributed by atoms with Crippen LogP contribution < -0.4 is 14.8 Å². The zero-order valence-electron chi connectivity index (χ0n) is 17.7. The Morgan fingerprint density at radius 2 is 1.81 bits per heavy atom. The summed E-state index contributed by atoms with van der Waals surface area (Å²) in [6.07, 6.45) is 0.533. The number of hydrogen-bond acceptors (Lipinski definition) is 6. The van der Waals surface area contributed by atoms with E-state index in [9.17, 15) is 18.0 Å². The Balaban J connectivity index is 1.65. The average Bonchev–Trinajstić information content (AvgIpc) is 3.53. The number of rotatable bonds is 9. The molecule has 8 nitrogen and oxygen atoms in total. The Morgan fingerprint density at radius 3 is 2.42 bits per heavy atom. The highest BCUT2D eigenvalue weighted by Crippen LogP contribution is 2.24. The van der Waals surface area contributed by atoms with Crippen molar-refractivity contribution in [3.8, 4) is 5.75 Å². The Labute approximate surface area is 182 Å². The summed E-state index contributed by atoms with van der Waals surface area (Å²) in [4.78, 5) is 25.0. The van der Waals surface area contributed by atoms with E-state index in [2.05, 4.69) is 10.0 Å². The summed E-state index contributed by atoms with van der Waals surface area (Å²) < 4.78 is 38.1. The molecule has 2 aromatic rings. The van der Waals surface area contributed by atoms with E-state index >= 15 is 0 Å². The third-order valence-corrected chi connectivity index (χ3v) is 6.24. The van der Waals surface area contributed by atoms with Crippen LogP contribution in [-0.2, 0) is 19.6 Å². The smallest absolute Gasteiger partial charge is 0.339 e. The minimum Gasteiger partial charge on any atom is -0.494 e. The van der Waals surface area contributed by atoms with Crippen molar-refractivity contribution in [3.63, 3.8) is 0 Å². The van der Waals surface area contributed by atoms with Gasteiger partial charge in [0.05, 0.1) is 17.1 Å². The Bertz CT molecular complexity index is 1060. The van der Waals surface area contributed by atoms with Gasteiger partial charge in [-0.15, -0.1) is 0 Å². The van der Waals surface area contributed by atoms with Gasteiger partial charge in [0.15, 0.2) is 6.10 Å². The summed E-state index contributed by atoms with van der Waals surface area (Å²) in [5, 5.41) is 2.67. The molecule has 0 saturated heterocycles. The van der Waals surface area contributed by atoms with Crippen molar-refractivity contribution in [1.82, 2.24) is 4.72 Å². The Kier molecular flexibility index (Phi) is 6.97. The number of amides is 1. The molecule has 0 spiro atoms. The number of nitrogens with one attached hydrogen (secondary N) is 2. The number of ether oxygens (including phenoxy) is 2. The third kappa shape index (κ3) is 6.05. The van der Waals surface area contributed by atoms with Gasteiger partial charge in [0.25, 0.3) is 5.91 Å². The fourth-order valence-corrected chi connectivity index (χ4v) is 4.13. The summed E-state index contributed by atoms with van der Waals surface area (Å²) in [6.45, 7) is 5.54. The van der Waals surface area contributed by atoms with Gasteiger partial charge >= 0.3 is 5.97 Å². The first-order valence-corrected chi connectivity index (χ1v) is 11.6. The molecule has 0 heterocycles. The maximum absolute atomic E-state index is 12.6. The zero-order valence-corrected chi connectivity index (χ0v) is 18.5. The van der Waals surface area contributed by atoms with Gasteiger partial charge in [-0.05, 0) is 75.6 Å². The summed E-state index contributed by atoms with van der Waals surface area (Å²) in [5.41, 5.74) is 1.18. The fourth-order valence-electron chi connectivity index (χ4n) is 2.80. The lowest BCUT2D eigenvalue weighted by atomic mass is 10.1. The van der Waals surface area contributed by atoms with Crippen molar-refractivity contribution in [3.05, 3.63) is 53.6 Å². The van der Waals surface area contributed by atoms with E-state index in [4.69, 9.17) is 9.47 Å². The lowest BCUT2D eigenvalue weighted by Gasteiger charge is -2.15. The average molecular weight is 447 g/mol. The Morgan fingerprint density at radius 1 is 1.13 bits per heavy atom. The van der Waals surface area contributed by atoms with E-state index in [1.807, 2.05) is 6.92 Å². The highest BCUT2D eigenvalue weighted by molar-refractivity contribution is 7.89. The topological polar surface area (TPSA) is 111 Å². The monoisotopic (exact) mass is 446 g/mol. The number of aryl methyl sites for hydroxylation is 1. The molecule has 2 N–H and O–H groups in total. The largest absolute Gasteiger partial charge is 0.494 e. The van der Waals surface area contributed by atoms with Crippen molar-refractivity contribution >= 4 is 27.6 Å². The van der Waals surface area contributed by atoms with Crippen molar-refractivity contribution in [2.24, 2.45) is 0 Å². The van der Waals surface area contributed by atoms with Gasteiger partial charge in [-0.3, -0.25) is 4.79 Å².